The molecule has 0 N–H and O–H groups in total. The second kappa shape index (κ2) is 5.14. The van der Waals surface area contributed by atoms with E-state index in [9.17, 15) is 0 Å². The van der Waals surface area contributed by atoms with Crippen molar-refractivity contribution in [3.8, 4) is 0 Å². The number of hydrogen-bond donors (Lipinski definition) is 0. The Balaban J connectivity index is 0. The van der Waals surface area contributed by atoms with E-state index in [1.54, 1.807) is 0 Å². The normalized spacial score (nSPS) is 5.40. The number of hydrogen-bond acceptors (Lipinski definition) is 3. The molecule has 0 fully saturated rings. The van der Waals surface area contributed by atoms with Crippen molar-refractivity contribution in [3.63, 3.8) is 0 Å². The van der Waals surface area contributed by atoms with Crippen LogP contribution >= 0.6 is 0 Å². The molecule has 0 aromatic heterocycles. The molecule has 5 heavy (non-hydrogen) atoms. The molecule has 0 amide bonds. The van der Waals surface area contributed by atoms with Crippen LogP contribution in [0.4, 0.5) is 0 Å². The van der Waals surface area contributed by atoms with Crippen LogP contribution in [0.2, 0.25) is 0 Å². The van der Waals surface area contributed by atoms with Crippen LogP contribution in [0.5, 0.6) is 0 Å². The Morgan fingerprint density at radius 2 is 1.00 bits per heavy atom. The van der Waals surface area contributed by atoms with E-state index in [2.05, 4.69) is 0 Å². The van der Waals surface area contributed by atoms with Gasteiger partial charge in [-0.25, -0.2) is 0 Å². The molecule has 0 spiro atoms. The third-order valence-corrected chi connectivity index (χ3v) is 0. The topological polar surface area (TPSA) is 69.2 Å². The SMILES string of the molecule is [La+3].[O-]B([O-])[O-]. The molecular formula is BLaO3. The van der Waals surface area contributed by atoms with E-state index in [0.717, 1.165) is 0 Å². The van der Waals surface area contributed by atoms with Gasteiger partial charge in [0.15, 0.2) is 0 Å². The molecule has 0 aromatic rings. The predicted octanol–water partition coefficient (Wildman–Crippen LogP) is -3.95. The zero-order chi connectivity index (χ0) is 3.58. The van der Waals surface area contributed by atoms with Crippen molar-refractivity contribution in [1.82, 2.24) is 0 Å². The Morgan fingerprint density at radius 3 is 1.00 bits per heavy atom. The maximum Gasteiger partial charge on any atom is 3.00 e. The molecule has 0 unspecified atom stereocenters. The molecule has 0 bridgehead atoms. The molecule has 0 saturated heterocycles. The summed E-state index contributed by atoms with van der Waals surface area (Å²) in [4.78, 5) is 0. The van der Waals surface area contributed by atoms with Crippen LogP contribution in [0.1, 0.15) is 0 Å². The van der Waals surface area contributed by atoms with E-state index >= 15 is 0 Å². The van der Waals surface area contributed by atoms with Crippen molar-refractivity contribution < 1.29 is 50.7 Å². The van der Waals surface area contributed by atoms with Gasteiger partial charge in [0.05, 0.1) is 0 Å². The summed E-state index contributed by atoms with van der Waals surface area (Å²) in [6, 6.07) is 0. The minimum absolute atomic E-state index is 0. The Morgan fingerprint density at radius 1 is 1.00 bits per heavy atom. The molecule has 0 heterocycles. The third kappa shape index (κ3) is 39.0. The Labute approximate surface area is 57.8 Å². The fourth-order valence-corrected chi connectivity index (χ4v) is 0. The zero-order valence-corrected chi connectivity index (χ0v) is 6.01. The van der Waals surface area contributed by atoms with E-state index in [0.29, 0.717) is 0 Å². The van der Waals surface area contributed by atoms with Crippen LogP contribution in [0.25, 0.3) is 0 Å². The van der Waals surface area contributed by atoms with Crippen molar-refractivity contribution in [2.45, 2.75) is 0 Å². The Hall–Kier alpha value is 1.14. The second-order valence-electron chi connectivity index (χ2n) is 0.289. The van der Waals surface area contributed by atoms with Gasteiger partial charge in [0.25, 0.3) is 0 Å². The van der Waals surface area contributed by atoms with E-state index < -0.39 is 7.32 Å². The van der Waals surface area contributed by atoms with Gasteiger partial charge in [0, 0.05) is 0 Å². The summed E-state index contributed by atoms with van der Waals surface area (Å²) in [5.41, 5.74) is 0. The third-order valence-electron chi connectivity index (χ3n) is 0. The summed E-state index contributed by atoms with van der Waals surface area (Å²) < 4.78 is 0. The molecule has 24 valence electrons. The van der Waals surface area contributed by atoms with Gasteiger partial charge in [0.1, 0.15) is 0 Å². The van der Waals surface area contributed by atoms with Crippen LogP contribution in [-0.4, -0.2) is 7.32 Å². The zero-order valence-electron chi connectivity index (χ0n) is 2.38. The maximum atomic E-state index is 8.42. The van der Waals surface area contributed by atoms with Crippen molar-refractivity contribution in [1.29, 1.82) is 0 Å². The molecule has 0 aromatic carbocycles. The summed E-state index contributed by atoms with van der Waals surface area (Å²) in [6.45, 7) is 0. The first kappa shape index (κ1) is 9.46. The predicted molar refractivity (Wildman–Crippen MR) is 5.75 cm³/mol. The number of rotatable bonds is 0. The second-order valence-corrected chi connectivity index (χ2v) is 0.289. The fraction of sp³-hybridized carbons (Fsp3) is 0. The smallest absolute Gasteiger partial charge is 0.907 e. The van der Waals surface area contributed by atoms with Gasteiger partial charge in [0.2, 0.25) is 0 Å². The Bertz CT molecular complexity index is 11.6. The van der Waals surface area contributed by atoms with Crippen molar-refractivity contribution in [3.05, 3.63) is 0 Å². The molecule has 0 atom stereocenters. The first-order valence-electron chi connectivity index (χ1n) is 0.707. The monoisotopic (exact) mass is 198 g/mol. The van der Waals surface area contributed by atoms with Crippen molar-refractivity contribution in [2.24, 2.45) is 0 Å². The first-order valence-corrected chi connectivity index (χ1v) is 0.707. The largest absolute Gasteiger partial charge is 3.00 e. The van der Waals surface area contributed by atoms with Crippen LogP contribution in [-0.2, 0) is 0 Å². The average molecular weight is 198 g/mol. The first-order chi connectivity index (χ1) is 1.73. The van der Waals surface area contributed by atoms with E-state index in [1.807, 2.05) is 0 Å². The van der Waals surface area contributed by atoms with Gasteiger partial charge >= 0.3 is 35.6 Å². The van der Waals surface area contributed by atoms with Gasteiger partial charge in [-0.1, -0.05) is 0 Å². The van der Waals surface area contributed by atoms with E-state index in [-0.39, 0.29) is 35.6 Å². The molecule has 0 aliphatic heterocycles. The molecule has 0 saturated carbocycles. The van der Waals surface area contributed by atoms with Crippen LogP contribution in [0, 0.1) is 35.6 Å². The van der Waals surface area contributed by atoms with Crippen LogP contribution < -0.4 is 15.1 Å². The molecule has 0 rings (SSSR count). The molecule has 3 nitrogen and oxygen atoms in total. The summed E-state index contributed by atoms with van der Waals surface area (Å²) in [5.74, 6) is 0. The van der Waals surface area contributed by atoms with Crippen molar-refractivity contribution >= 4 is 7.32 Å². The summed E-state index contributed by atoms with van der Waals surface area (Å²) >= 11 is 0. The quantitative estimate of drug-likeness (QED) is 0.373. The summed E-state index contributed by atoms with van der Waals surface area (Å²) in [6.07, 6.45) is 0. The fourth-order valence-electron chi connectivity index (χ4n) is 0. The van der Waals surface area contributed by atoms with Gasteiger partial charge in [-0.3, -0.25) is 7.32 Å². The molecule has 0 aliphatic rings. The van der Waals surface area contributed by atoms with Gasteiger partial charge in [-0.15, -0.1) is 0 Å². The van der Waals surface area contributed by atoms with Crippen LogP contribution in [0.15, 0.2) is 0 Å². The molecule has 0 aliphatic carbocycles. The minimum Gasteiger partial charge on any atom is -0.907 e. The molecular weight excluding hydrogens is 198 g/mol. The standard InChI is InChI=1S/BO3.La/c2-1(3)4;/q-3;+3. The van der Waals surface area contributed by atoms with E-state index in [4.69, 9.17) is 15.1 Å². The van der Waals surface area contributed by atoms with Gasteiger partial charge in [-0.2, -0.15) is 0 Å². The van der Waals surface area contributed by atoms with Gasteiger partial charge < -0.3 is 15.1 Å². The summed E-state index contributed by atoms with van der Waals surface area (Å²) in [7, 11) is -2.92. The Kier molecular flexibility index (Phi) is 9.73. The maximum absolute atomic E-state index is 8.42. The minimum atomic E-state index is -2.92. The van der Waals surface area contributed by atoms with Crippen LogP contribution in [0.3, 0.4) is 0 Å². The van der Waals surface area contributed by atoms with Crippen molar-refractivity contribution in [2.75, 3.05) is 0 Å². The van der Waals surface area contributed by atoms with E-state index in [1.165, 1.54) is 0 Å². The molecule has 5 heteroatoms. The summed E-state index contributed by atoms with van der Waals surface area (Å²) in [5, 5.41) is 25.2. The van der Waals surface area contributed by atoms with Gasteiger partial charge in [-0.05, 0) is 0 Å². The average Bonchev–Trinajstić information content (AvgIpc) is 0.811. The molecule has 0 radical (unpaired) electrons.